The minimum atomic E-state index is -0.724. The van der Waals surface area contributed by atoms with E-state index in [2.05, 4.69) is 96.1 Å². The van der Waals surface area contributed by atoms with E-state index >= 15 is 0 Å². The van der Waals surface area contributed by atoms with Crippen molar-refractivity contribution < 1.29 is 26.5 Å². The van der Waals surface area contributed by atoms with E-state index in [9.17, 15) is 0 Å². The van der Waals surface area contributed by atoms with Crippen LogP contribution in [0.5, 0.6) is 11.5 Å². The third kappa shape index (κ3) is 7.15. The fourth-order valence-corrected chi connectivity index (χ4v) is 7.66. The van der Waals surface area contributed by atoms with E-state index in [0.717, 1.165) is 11.5 Å². The van der Waals surface area contributed by atoms with Crippen molar-refractivity contribution in [2.75, 3.05) is 28.3 Å². The van der Waals surface area contributed by atoms with Crippen LogP contribution >= 0.6 is 7.92 Å². The number of ether oxygens (including phenoxy) is 2. The Morgan fingerprint density at radius 2 is 1.14 bits per heavy atom. The van der Waals surface area contributed by atoms with E-state index in [0.29, 0.717) is 6.04 Å². The van der Waals surface area contributed by atoms with Gasteiger partial charge < -0.3 is 44.7 Å². The number of nitrogens with zero attached hydrogens (tertiary/aromatic N) is 1. The number of aryl methyl sites for hydroxylation is 4. The molecule has 4 aromatic carbocycles. The molecule has 0 fully saturated rings. The molecule has 0 saturated carbocycles. The molecular weight excluding hydrogens is 517 g/mol. The summed E-state index contributed by atoms with van der Waals surface area (Å²) < 4.78 is 11.3. The van der Waals surface area contributed by atoms with Gasteiger partial charge in [0.1, 0.15) is 11.5 Å². The zero-order chi connectivity index (χ0) is 26.4. The predicted molar refractivity (Wildman–Crippen MR) is 157 cm³/mol. The Kier molecular flexibility index (Phi) is 11.7. The van der Waals surface area contributed by atoms with Crippen molar-refractivity contribution in [1.29, 1.82) is 0 Å². The molecule has 0 N–H and O–H groups in total. The summed E-state index contributed by atoms with van der Waals surface area (Å²) in [6.45, 7) is 10.8. The maximum Gasteiger partial charge on any atom is 0.124 e. The van der Waals surface area contributed by atoms with Gasteiger partial charge in [0.25, 0.3) is 0 Å². The second-order valence-electron chi connectivity index (χ2n) is 9.53. The van der Waals surface area contributed by atoms with Gasteiger partial charge in [0.05, 0.1) is 14.2 Å². The van der Waals surface area contributed by atoms with Crippen molar-refractivity contribution >= 4 is 23.8 Å². The molecule has 0 heterocycles. The van der Waals surface area contributed by atoms with Crippen molar-refractivity contribution in [3.05, 3.63) is 101 Å². The summed E-state index contributed by atoms with van der Waals surface area (Å²) >= 11 is 0. The maximum absolute atomic E-state index is 5.65. The zero-order valence-electron chi connectivity index (χ0n) is 23.6. The summed E-state index contributed by atoms with van der Waals surface area (Å²) in [5, 5.41) is 4.13. The van der Waals surface area contributed by atoms with E-state index in [-0.39, 0.29) is 17.1 Å². The molecule has 4 aromatic rings. The quantitative estimate of drug-likeness (QED) is 0.148. The molecule has 37 heavy (non-hydrogen) atoms. The molecule has 0 aliphatic heterocycles. The molecule has 204 valence electrons. The van der Waals surface area contributed by atoms with Gasteiger partial charge in [0.2, 0.25) is 0 Å². The Labute approximate surface area is 235 Å². The van der Waals surface area contributed by atoms with Gasteiger partial charge in [-0.3, -0.25) is 0 Å². The molecule has 0 amide bonds. The SMILES string of the molecule is COc1c(C)cc(P(c2cc(C)c(OC)c(C)c2)[c-]2cccc2[C@H](C)N(C)C)cc1C.[Fe].[cH-]1[cH-][cH-][cH-][cH-]1. The van der Waals surface area contributed by atoms with Crippen LogP contribution < -0.4 is 25.4 Å². The van der Waals surface area contributed by atoms with Crippen molar-refractivity contribution in [2.24, 2.45) is 0 Å². The van der Waals surface area contributed by atoms with Gasteiger partial charge >= 0.3 is 0 Å². The molecule has 4 rings (SSSR count). The van der Waals surface area contributed by atoms with E-state index in [4.69, 9.17) is 9.47 Å². The standard InChI is InChI=1S/C27H35NO2P.C5H5.Fe/c1-17-13-22(14-18(2)26(17)29-8)31(23-15-19(3)27(30-9)20(4)16-23)25-12-10-11-24(25)21(5)28(6)7;1-2-4-5-3-1;/h10-16,21H,1-9H3;1-5H;/q-1;-5;/t21-;;/m0../s1. The molecule has 0 bridgehead atoms. The maximum atomic E-state index is 5.65. The van der Waals surface area contributed by atoms with Crippen LogP contribution in [0.15, 0.2) is 72.8 Å². The smallest absolute Gasteiger partial charge is 0.124 e. The van der Waals surface area contributed by atoms with Gasteiger partial charge in [0.15, 0.2) is 0 Å². The zero-order valence-corrected chi connectivity index (χ0v) is 25.6. The van der Waals surface area contributed by atoms with Crippen LogP contribution in [-0.2, 0) is 17.1 Å². The number of methoxy groups -OCH3 is 2. The van der Waals surface area contributed by atoms with E-state index < -0.39 is 7.92 Å². The first kappa shape index (κ1) is 30.9. The molecule has 3 nitrogen and oxygen atoms in total. The first-order valence-corrected chi connectivity index (χ1v) is 13.7. The predicted octanol–water partition coefficient (Wildman–Crippen LogP) is 6.44. The number of rotatable bonds is 7. The summed E-state index contributed by atoms with van der Waals surface area (Å²) in [7, 11) is 7.07. The van der Waals surface area contributed by atoms with Crippen molar-refractivity contribution in [2.45, 2.75) is 40.7 Å². The molecule has 0 spiro atoms. The van der Waals surface area contributed by atoms with Gasteiger partial charge in [-0.15, -0.1) is 10.9 Å². The molecule has 0 radical (unpaired) electrons. The Balaban J connectivity index is 0.000000716. The molecule has 0 unspecified atom stereocenters. The van der Waals surface area contributed by atoms with Crippen LogP contribution in [0.25, 0.3) is 0 Å². The van der Waals surface area contributed by atoms with Crippen LogP contribution in [0.1, 0.15) is 40.8 Å². The second kappa shape index (κ2) is 14.0. The first-order chi connectivity index (χ1) is 17.2. The summed E-state index contributed by atoms with van der Waals surface area (Å²) in [4.78, 5) is 2.28. The van der Waals surface area contributed by atoms with Crippen molar-refractivity contribution in [1.82, 2.24) is 4.90 Å². The van der Waals surface area contributed by atoms with E-state index in [1.54, 1.807) is 14.2 Å². The molecule has 0 saturated heterocycles. The van der Waals surface area contributed by atoms with Crippen LogP contribution in [-0.4, -0.2) is 33.2 Å². The topological polar surface area (TPSA) is 21.7 Å². The molecule has 0 aromatic heterocycles. The third-order valence-electron chi connectivity index (χ3n) is 6.66. The minimum Gasteiger partial charge on any atom is -0.748 e. The Morgan fingerprint density at radius 1 is 0.757 bits per heavy atom. The average molecular weight is 557 g/mol. The second-order valence-corrected chi connectivity index (χ2v) is 11.7. The Hall–Kier alpha value is -2.35. The Bertz CT molecular complexity index is 1140. The van der Waals surface area contributed by atoms with E-state index in [1.807, 2.05) is 30.3 Å². The monoisotopic (exact) mass is 557 g/mol. The van der Waals surface area contributed by atoms with Crippen LogP contribution in [0.2, 0.25) is 0 Å². The molecule has 5 heteroatoms. The normalized spacial score (nSPS) is 11.5. The summed E-state index contributed by atoms with van der Waals surface area (Å²) in [6, 6.07) is 26.4. The largest absolute Gasteiger partial charge is 0.748 e. The van der Waals surface area contributed by atoms with Crippen LogP contribution in [0.4, 0.5) is 0 Å². The van der Waals surface area contributed by atoms with E-state index in [1.165, 1.54) is 43.7 Å². The number of hydrogen-bond donors (Lipinski definition) is 0. The fraction of sp³-hybridized carbons (Fsp3) is 0.312. The third-order valence-corrected chi connectivity index (χ3v) is 9.10. The summed E-state index contributed by atoms with van der Waals surface area (Å²) in [6.07, 6.45) is 0. The fourth-order valence-electron chi connectivity index (χ4n) is 4.76. The average Bonchev–Trinajstić information content (AvgIpc) is 3.54. The van der Waals surface area contributed by atoms with Gasteiger partial charge in [-0.1, -0.05) is 7.92 Å². The van der Waals surface area contributed by atoms with Gasteiger partial charge in [0, 0.05) is 23.1 Å². The Morgan fingerprint density at radius 3 is 1.46 bits per heavy atom. The molecule has 0 aliphatic rings. The molecule has 0 aliphatic carbocycles. The summed E-state index contributed by atoms with van der Waals surface area (Å²) in [5.74, 6) is 1.95. The van der Waals surface area contributed by atoms with Gasteiger partial charge in [-0.2, -0.15) is 6.07 Å². The van der Waals surface area contributed by atoms with Crippen LogP contribution in [0, 0.1) is 27.7 Å². The molecular formula is C32H40FeNO2P-6. The number of hydrogen-bond acceptors (Lipinski definition) is 3. The van der Waals surface area contributed by atoms with Crippen molar-refractivity contribution in [3.8, 4) is 11.5 Å². The number of benzene rings is 2. The van der Waals surface area contributed by atoms with Gasteiger partial charge in [-0.05, 0) is 106 Å². The van der Waals surface area contributed by atoms with Gasteiger partial charge in [-0.25, -0.2) is 12.1 Å². The minimum absolute atomic E-state index is 0. The van der Waals surface area contributed by atoms with Crippen molar-refractivity contribution in [3.63, 3.8) is 0 Å². The molecule has 1 atom stereocenters. The summed E-state index contributed by atoms with van der Waals surface area (Å²) in [5.41, 5.74) is 6.12. The first-order valence-electron chi connectivity index (χ1n) is 12.4. The van der Waals surface area contributed by atoms with Crippen LogP contribution in [0.3, 0.4) is 0 Å².